The summed E-state index contributed by atoms with van der Waals surface area (Å²) in [5.41, 5.74) is 5.68. The summed E-state index contributed by atoms with van der Waals surface area (Å²) in [5.74, 6) is 1.58. The molecule has 0 spiro atoms. The number of aliphatic imine (C=N–C) groups is 1. The molecule has 4 heterocycles. The fourth-order valence-electron chi connectivity index (χ4n) is 4.50. The first-order chi connectivity index (χ1) is 13.2. The van der Waals surface area contributed by atoms with Crippen molar-refractivity contribution >= 4 is 11.7 Å². The summed E-state index contributed by atoms with van der Waals surface area (Å²) in [6.07, 6.45) is 8.63. The Morgan fingerprint density at radius 2 is 1.85 bits per heavy atom. The lowest BCUT2D eigenvalue weighted by Gasteiger charge is -2.30. The van der Waals surface area contributed by atoms with Crippen molar-refractivity contribution in [3.63, 3.8) is 0 Å². The van der Waals surface area contributed by atoms with Crippen LogP contribution in [0.15, 0.2) is 64.6 Å². The highest BCUT2D eigenvalue weighted by Crippen LogP contribution is 2.34. The first-order valence-electron chi connectivity index (χ1n) is 9.76. The van der Waals surface area contributed by atoms with Gasteiger partial charge >= 0.3 is 0 Å². The van der Waals surface area contributed by atoms with E-state index >= 15 is 0 Å². The van der Waals surface area contributed by atoms with Gasteiger partial charge in [-0.15, -0.1) is 0 Å². The van der Waals surface area contributed by atoms with Crippen molar-refractivity contribution in [3.8, 4) is 0 Å². The molecule has 5 nitrogen and oxygen atoms in total. The van der Waals surface area contributed by atoms with E-state index in [2.05, 4.69) is 46.4 Å². The van der Waals surface area contributed by atoms with Crippen LogP contribution in [0.25, 0.3) is 0 Å². The number of piperidine rings is 1. The van der Waals surface area contributed by atoms with Gasteiger partial charge in [-0.05, 0) is 50.5 Å². The quantitative estimate of drug-likeness (QED) is 0.882. The topological polar surface area (TPSA) is 47.9 Å². The number of likely N-dealkylation sites (tertiary alicyclic amines) is 1. The summed E-state index contributed by atoms with van der Waals surface area (Å²) in [5, 5.41) is 3.01. The zero-order chi connectivity index (χ0) is 18.4. The summed E-state index contributed by atoms with van der Waals surface area (Å²) in [4.78, 5) is 21.2. The second-order valence-electron chi connectivity index (χ2n) is 7.79. The van der Waals surface area contributed by atoms with Gasteiger partial charge in [-0.25, -0.2) is 4.99 Å². The van der Waals surface area contributed by atoms with Crippen molar-refractivity contribution in [1.29, 1.82) is 0 Å². The molecule has 0 bridgehead atoms. The Balaban J connectivity index is 1.43. The van der Waals surface area contributed by atoms with Crippen LogP contribution in [0.1, 0.15) is 36.3 Å². The minimum Gasteiger partial charge on any atom is -0.324 e. The lowest BCUT2D eigenvalue weighted by atomic mass is 9.89. The van der Waals surface area contributed by atoms with Gasteiger partial charge in [0.2, 0.25) is 5.91 Å². The highest BCUT2D eigenvalue weighted by atomic mass is 16.1. The van der Waals surface area contributed by atoms with Gasteiger partial charge in [-0.1, -0.05) is 24.3 Å². The average molecular weight is 360 g/mol. The molecule has 0 aliphatic carbocycles. The van der Waals surface area contributed by atoms with E-state index < -0.39 is 0 Å². The molecule has 5 heteroatoms. The van der Waals surface area contributed by atoms with Crippen LogP contribution in [0.3, 0.4) is 0 Å². The van der Waals surface area contributed by atoms with Crippen LogP contribution in [0, 0.1) is 0 Å². The third kappa shape index (κ3) is 2.92. The molecule has 1 amide bonds. The van der Waals surface area contributed by atoms with Crippen molar-refractivity contribution in [3.05, 3.63) is 70.7 Å². The molecule has 138 valence electrons. The summed E-state index contributed by atoms with van der Waals surface area (Å²) < 4.78 is 0. The van der Waals surface area contributed by atoms with Crippen LogP contribution >= 0.6 is 0 Å². The van der Waals surface area contributed by atoms with Crippen molar-refractivity contribution < 1.29 is 4.79 Å². The van der Waals surface area contributed by atoms with E-state index in [0.29, 0.717) is 5.92 Å². The molecule has 0 radical (unpaired) electrons. The van der Waals surface area contributed by atoms with Crippen LogP contribution in [0.5, 0.6) is 0 Å². The number of amides is 1. The van der Waals surface area contributed by atoms with Crippen molar-refractivity contribution in [2.24, 2.45) is 4.99 Å². The molecule has 4 aliphatic rings. The van der Waals surface area contributed by atoms with Crippen LogP contribution in [0.2, 0.25) is 0 Å². The van der Waals surface area contributed by atoms with Gasteiger partial charge in [0.25, 0.3) is 0 Å². The number of amidine groups is 1. The Hall–Kier alpha value is -2.66. The van der Waals surface area contributed by atoms with Gasteiger partial charge in [0.15, 0.2) is 0 Å². The molecule has 1 N–H and O–H groups in total. The third-order valence-electron chi connectivity index (χ3n) is 6.04. The van der Waals surface area contributed by atoms with Gasteiger partial charge in [0, 0.05) is 42.1 Å². The first-order valence-corrected chi connectivity index (χ1v) is 9.76. The van der Waals surface area contributed by atoms with E-state index in [1.807, 2.05) is 12.3 Å². The van der Waals surface area contributed by atoms with Crippen LogP contribution in [-0.4, -0.2) is 48.2 Å². The van der Waals surface area contributed by atoms with Crippen molar-refractivity contribution in [1.82, 2.24) is 15.1 Å². The molecule has 1 saturated heterocycles. The van der Waals surface area contributed by atoms with Crippen molar-refractivity contribution in [2.75, 3.05) is 26.7 Å². The largest absolute Gasteiger partial charge is 0.324 e. The minimum atomic E-state index is -0.0568. The smallest absolute Gasteiger partial charge is 0.248 e. The van der Waals surface area contributed by atoms with E-state index in [0.717, 1.165) is 41.3 Å². The number of rotatable bonds is 2. The summed E-state index contributed by atoms with van der Waals surface area (Å²) >= 11 is 0. The number of nitrogens with one attached hydrogen (secondary N) is 1. The molecular weight excluding hydrogens is 336 g/mol. The fourth-order valence-corrected chi connectivity index (χ4v) is 4.50. The molecule has 5 rings (SSSR count). The maximum Gasteiger partial charge on any atom is 0.248 e. The Bertz CT molecular complexity index is 899. The highest BCUT2D eigenvalue weighted by molar-refractivity contribution is 6.02. The van der Waals surface area contributed by atoms with Gasteiger partial charge in [0.1, 0.15) is 5.84 Å². The fraction of sp³-hybridized carbons (Fsp3) is 0.364. The summed E-state index contributed by atoms with van der Waals surface area (Å²) in [6.45, 7) is 3.21. The molecule has 0 aromatic heterocycles. The van der Waals surface area contributed by atoms with E-state index in [1.165, 1.54) is 31.5 Å². The second-order valence-corrected chi connectivity index (χ2v) is 7.79. The number of allylic oxidation sites excluding steroid dienone is 1. The van der Waals surface area contributed by atoms with Crippen LogP contribution in [-0.2, 0) is 4.79 Å². The predicted molar refractivity (Wildman–Crippen MR) is 106 cm³/mol. The Morgan fingerprint density at radius 1 is 1.07 bits per heavy atom. The van der Waals surface area contributed by atoms with E-state index in [-0.39, 0.29) is 5.91 Å². The Kier molecular flexibility index (Phi) is 3.97. The lowest BCUT2D eigenvalue weighted by molar-refractivity contribution is -0.115. The van der Waals surface area contributed by atoms with Crippen LogP contribution < -0.4 is 5.32 Å². The van der Waals surface area contributed by atoms with Gasteiger partial charge < -0.3 is 15.1 Å². The van der Waals surface area contributed by atoms with E-state index in [9.17, 15) is 4.79 Å². The van der Waals surface area contributed by atoms with Gasteiger partial charge in [0.05, 0.1) is 5.70 Å². The van der Waals surface area contributed by atoms with E-state index in [4.69, 9.17) is 4.99 Å². The van der Waals surface area contributed by atoms with Crippen molar-refractivity contribution in [2.45, 2.75) is 25.2 Å². The maximum atomic E-state index is 11.9. The average Bonchev–Trinajstić information content (AvgIpc) is 3.03. The molecular formula is C22H24N4O. The minimum absolute atomic E-state index is 0.0568. The van der Waals surface area contributed by atoms with Crippen LogP contribution in [0.4, 0.5) is 0 Å². The first kappa shape index (κ1) is 16.5. The number of carbonyl (C=O) groups is 1. The Morgan fingerprint density at radius 3 is 2.63 bits per heavy atom. The molecule has 0 atom stereocenters. The SMILES string of the molecule is CN1CCC(c2ccc(C3=NC=C4C=CC(=O)NC5=C4N3CC5)cc2)CC1. The normalized spacial score (nSPS) is 23.0. The maximum absolute atomic E-state index is 11.9. The standard InChI is InChI=1S/C22H24N4O/c1-25-11-8-16(9-12-25)15-2-4-17(5-3-15)22-23-14-18-6-7-20(27)24-19-10-13-26(22)21(18)19/h2-7,14,16H,8-13H2,1H3,(H,24,27). The molecule has 1 fully saturated rings. The lowest BCUT2D eigenvalue weighted by Crippen LogP contribution is -2.31. The second kappa shape index (κ2) is 6.50. The zero-order valence-electron chi connectivity index (χ0n) is 15.6. The molecule has 0 saturated carbocycles. The molecule has 4 aliphatic heterocycles. The third-order valence-corrected chi connectivity index (χ3v) is 6.04. The molecule has 0 unspecified atom stereocenters. The molecule has 27 heavy (non-hydrogen) atoms. The highest BCUT2D eigenvalue weighted by Gasteiger charge is 2.32. The monoisotopic (exact) mass is 360 g/mol. The number of hydrogen-bond donors (Lipinski definition) is 1. The number of hydrogen-bond acceptors (Lipinski definition) is 4. The molecule has 1 aromatic carbocycles. The molecule has 1 aromatic rings. The Labute approximate surface area is 159 Å². The summed E-state index contributed by atoms with van der Waals surface area (Å²) in [7, 11) is 2.20. The summed E-state index contributed by atoms with van der Waals surface area (Å²) in [6, 6.07) is 8.95. The van der Waals surface area contributed by atoms with Gasteiger partial charge in [-0.3, -0.25) is 4.79 Å². The zero-order valence-corrected chi connectivity index (χ0v) is 15.6. The number of nitrogens with zero attached hydrogens (tertiary/aromatic N) is 3. The van der Waals surface area contributed by atoms with E-state index in [1.54, 1.807) is 6.08 Å². The van der Waals surface area contributed by atoms with Gasteiger partial charge in [-0.2, -0.15) is 0 Å². The number of benzene rings is 1. The number of carbonyl (C=O) groups excluding carboxylic acids is 1. The predicted octanol–water partition coefficient (Wildman–Crippen LogP) is 2.74.